The van der Waals surface area contributed by atoms with E-state index in [0.717, 1.165) is 9.13 Å². The SMILES string of the molecule is CC(O)CN(C)CC(=O)c1ccc(I)cc1. The molecule has 0 saturated carbocycles. The van der Waals surface area contributed by atoms with Gasteiger partial charge in [0.05, 0.1) is 12.6 Å². The van der Waals surface area contributed by atoms with Gasteiger partial charge in [0.15, 0.2) is 5.78 Å². The molecule has 0 fully saturated rings. The molecule has 0 bridgehead atoms. The van der Waals surface area contributed by atoms with Crippen LogP contribution in [0.25, 0.3) is 0 Å². The summed E-state index contributed by atoms with van der Waals surface area (Å²) in [4.78, 5) is 13.6. The molecule has 0 spiro atoms. The molecule has 3 nitrogen and oxygen atoms in total. The zero-order chi connectivity index (χ0) is 12.1. The number of carbonyl (C=O) groups excluding carboxylic acids is 1. The molecule has 16 heavy (non-hydrogen) atoms. The second kappa shape index (κ2) is 6.32. The first-order chi connectivity index (χ1) is 7.49. The number of likely N-dealkylation sites (N-methyl/N-ethyl adjacent to an activating group) is 1. The summed E-state index contributed by atoms with van der Waals surface area (Å²) in [6, 6.07) is 7.51. The van der Waals surface area contributed by atoms with Gasteiger partial charge in [-0.1, -0.05) is 12.1 Å². The molecule has 0 aliphatic rings. The van der Waals surface area contributed by atoms with Crippen molar-refractivity contribution in [1.82, 2.24) is 4.90 Å². The topological polar surface area (TPSA) is 40.5 Å². The summed E-state index contributed by atoms with van der Waals surface area (Å²) >= 11 is 2.21. The van der Waals surface area contributed by atoms with Crippen molar-refractivity contribution < 1.29 is 9.90 Å². The second-order valence-electron chi connectivity index (χ2n) is 3.98. The van der Waals surface area contributed by atoms with Gasteiger partial charge in [-0.3, -0.25) is 9.69 Å². The van der Waals surface area contributed by atoms with E-state index in [1.165, 1.54) is 0 Å². The van der Waals surface area contributed by atoms with Crippen LogP contribution in [-0.2, 0) is 0 Å². The Morgan fingerprint density at radius 2 is 2.00 bits per heavy atom. The average molecular weight is 333 g/mol. The van der Waals surface area contributed by atoms with Crippen LogP contribution < -0.4 is 0 Å². The third-order valence-corrected chi connectivity index (χ3v) is 2.87. The summed E-state index contributed by atoms with van der Waals surface area (Å²) in [5.74, 6) is 0.0829. The number of ketones is 1. The van der Waals surface area contributed by atoms with Gasteiger partial charge in [-0.2, -0.15) is 0 Å². The Morgan fingerprint density at radius 1 is 1.44 bits per heavy atom. The first kappa shape index (κ1) is 13.6. The normalized spacial score (nSPS) is 12.8. The predicted molar refractivity (Wildman–Crippen MR) is 72.7 cm³/mol. The van der Waals surface area contributed by atoms with Crippen molar-refractivity contribution in [3.05, 3.63) is 33.4 Å². The minimum Gasteiger partial charge on any atom is -0.392 e. The minimum atomic E-state index is -0.408. The van der Waals surface area contributed by atoms with Crippen molar-refractivity contribution >= 4 is 28.4 Å². The summed E-state index contributed by atoms with van der Waals surface area (Å²) in [5, 5.41) is 9.19. The third kappa shape index (κ3) is 4.59. The van der Waals surface area contributed by atoms with Gasteiger partial charge in [0.25, 0.3) is 0 Å². The summed E-state index contributed by atoms with van der Waals surface area (Å²) in [6.45, 7) is 2.56. The van der Waals surface area contributed by atoms with Gasteiger partial charge in [-0.15, -0.1) is 0 Å². The number of nitrogens with zero attached hydrogens (tertiary/aromatic N) is 1. The Kier molecular flexibility index (Phi) is 5.37. The zero-order valence-electron chi connectivity index (χ0n) is 9.48. The van der Waals surface area contributed by atoms with E-state index in [9.17, 15) is 9.90 Å². The number of hydrogen-bond donors (Lipinski definition) is 1. The maximum absolute atomic E-state index is 11.8. The maximum atomic E-state index is 11.8. The van der Waals surface area contributed by atoms with E-state index in [0.29, 0.717) is 13.1 Å². The van der Waals surface area contributed by atoms with Crippen LogP contribution in [0.2, 0.25) is 0 Å². The predicted octanol–water partition coefficient (Wildman–Crippen LogP) is 1.79. The van der Waals surface area contributed by atoms with Crippen molar-refractivity contribution in [1.29, 1.82) is 0 Å². The van der Waals surface area contributed by atoms with Crippen LogP contribution in [0.1, 0.15) is 17.3 Å². The molecule has 0 aliphatic carbocycles. The molecule has 0 radical (unpaired) electrons. The van der Waals surface area contributed by atoms with E-state index < -0.39 is 6.10 Å². The van der Waals surface area contributed by atoms with Gasteiger partial charge in [0.2, 0.25) is 0 Å². The Hall–Kier alpha value is -0.460. The summed E-state index contributed by atoms with van der Waals surface area (Å²) in [5.41, 5.74) is 0.720. The van der Waals surface area contributed by atoms with Gasteiger partial charge >= 0.3 is 0 Å². The lowest BCUT2D eigenvalue weighted by molar-refractivity contribution is 0.0901. The van der Waals surface area contributed by atoms with Crippen molar-refractivity contribution in [2.24, 2.45) is 0 Å². The fraction of sp³-hybridized carbons (Fsp3) is 0.417. The highest BCUT2D eigenvalue weighted by Crippen LogP contribution is 2.07. The number of aliphatic hydroxyl groups excluding tert-OH is 1. The smallest absolute Gasteiger partial charge is 0.176 e. The highest BCUT2D eigenvalue weighted by molar-refractivity contribution is 14.1. The van der Waals surface area contributed by atoms with E-state index in [1.807, 2.05) is 36.2 Å². The van der Waals surface area contributed by atoms with Crippen LogP contribution >= 0.6 is 22.6 Å². The van der Waals surface area contributed by atoms with Crippen LogP contribution in [0.4, 0.5) is 0 Å². The maximum Gasteiger partial charge on any atom is 0.176 e. The molecule has 1 aromatic carbocycles. The van der Waals surface area contributed by atoms with Gasteiger partial charge in [-0.25, -0.2) is 0 Å². The van der Waals surface area contributed by atoms with Crippen LogP contribution in [0.3, 0.4) is 0 Å². The standard InChI is InChI=1S/C12H16INO2/c1-9(15)7-14(2)8-12(16)10-3-5-11(13)6-4-10/h3-6,9,15H,7-8H2,1-2H3. The number of carbonyl (C=O) groups is 1. The van der Waals surface area contributed by atoms with E-state index in [1.54, 1.807) is 6.92 Å². The second-order valence-corrected chi connectivity index (χ2v) is 5.22. The Balaban J connectivity index is 2.55. The summed E-state index contributed by atoms with van der Waals surface area (Å²) in [7, 11) is 1.83. The van der Waals surface area contributed by atoms with Gasteiger partial charge in [0, 0.05) is 15.7 Å². The highest BCUT2D eigenvalue weighted by Gasteiger charge is 2.10. The van der Waals surface area contributed by atoms with Crippen molar-refractivity contribution in [3.63, 3.8) is 0 Å². The fourth-order valence-electron chi connectivity index (χ4n) is 1.49. The highest BCUT2D eigenvalue weighted by atomic mass is 127. The van der Waals surface area contributed by atoms with Crippen LogP contribution in [0.15, 0.2) is 24.3 Å². The first-order valence-electron chi connectivity index (χ1n) is 5.14. The fourth-order valence-corrected chi connectivity index (χ4v) is 1.85. The summed E-state index contributed by atoms with van der Waals surface area (Å²) < 4.78 is 1.12. The lowest BCUT2D eigenvalue weighted by Gasteiger charge is -2.17. The lowest BCUT2D eigenvalue weighted by atomic mass is 10.1. The van der Waals surface area contributed by atoms with Crippen molar-refractivity contribution in [3.8, 4) is 0 Å². The number of benzene rings is 1. The molecule has 0 heterocycles. The molecule has 1 atom stereocenters. The molecule has 0 aliphatic heterocycles. The van der Waals surface area contributed by atoms with E-state index >= 15 is 0 Å². The monoisotopic (exact) mass is 333 g/mol. The Labute approximate surface area is 110 Å². The van der Waals surface area contributed by atoms with Gasteiger partial charge < -0.3 is 5.11 Å². The van der Waals surface area contributed by atoms with E-state index in [2.05, 4.69) is 22.6 Å². The van der Waals surface area contributed by atoms with Crippen LogP contribution in [-0.4, -0.2) is 42.0 Å². The molecule has 1 N–H and O–H groups in total. The lowest BCUT2D eigenvalue weighted by Crippen LogP contribution is -2.32. The first-order valence-corrected chi connectivity index (χ1v) is 6.22. The van der Waals surface area contributed by atoms with Crippen LogP contribution in [0, 0.1) is 3.57 Å². The number of hydrogen-bond acceptors (Lipinski definition) is 3. The molecule has 1 rings (SSSR count). The molecule has 1 unspecified atom stereocenters. The molecule has 88 valence electrons. The number of aliphatic hydroxyl groups is 1. The largest absolute Gasteiger partial charge is 0.392 e. The molecule has 0 saturated heterocycles. The summed E-state index contributed by atoms with van der Waals surface area (Å²) in [6.07, 6.45) is -0.408. The van der Waals surface area contributed by atoms with Gasteiger partial charge in [0.1, 0.15) is 0 Å². The van der Waals surface area contributed by atoms with E-state index in [4.69, 9.17) is 0 Å². The molecule has 4 heteroatoms. The molecule has 0 aromatic heterocycles. The molecular weight excluding hydrogens is 317 g/mol. The van der Waals surface area contributed by atoms with Crippen molar-refractivity contribution in [2.45, 2.75) is 13.0 Å². The van der Waals surface area contributed by atoms with Crippen molar-refractivity contribution in [2.75, 3.05) is 20.1 Å². The number of halogens is 1. The number of rotatable bonds is 5. The zero-order valence-corrected chi connectivity index (χ0v) is 11.6. The molecule has 0 amide bonds. The Morgan fingerprint density at radius 3 is 2.50 bits per heavy atom. The third-order valence-electron chi connectivity index (χ3n) is 2.16. The van der Waals surface area contributed by atoms with Crippen LogP contribution in [0.5, 0.6) is 0 Å². The Bertz CT molecular complexity index is 349. The average Bonchev–Trinajstić information content (AvgIpc) is 2.16. The van der Waals surface area contributed by atoms with Gasteiger partial charge in [-0.05, 0) is 48.7 Å². The molecular formula is C12H16INO2. The van der Waals surface area contributed by atoms with E-state index in [-0.39, 0.29) is 5.78 Å². The minimum absolute atomic E-state index is 0.0829. The quantitative estimate of drug-likeness (QED) is 0.660. The number of Topliss-reactive ketones (excluding diaryl/α,β-unsaturated/α-hetero) is 1. The molecule has 1 aromatic rings.